The van der Waals surface area contributed by atoms with E-state index in [4.69, 9.17) is 4.52 Å². The number of hydrogen-bond acceptors (Lipinski definition) is 7. The molecule has 0 aliphatic heterocycles. The van der Waals surface area contributed by atoms with Gasteiger partial charge in [0.15, 0.2) is 5.82 Å². The average molecular weight is 225 g/mol. The van der Waals surface area contributed by atoms with Gasteiger partial charge in [-0.15, -0.1) is 10.2 Å². The highest BCUT2D eigenvalue weighted by Gasteiger charge is 2.10. The standard InChI is InChI=1S/C8H11N5OS/c1-5-9-7(12-14-5)4-13(3)8-11-10-6(2)15-8/h4H2,1-3H3. The molecule has 2 aromatic rings. The fourth-order valence-corrected chi connectivity index (χ4v) is 1.77. The minimum absolute atomic E-state index is 0.575. The minimum Gasteiger partial charge on any atom is -0.342 e. The Morgan fingerprint density at radius 3 is 2.67 bits per heavy atom. The van der Waals surface area contributed by atoms with E-state index in [-0.39, 0.29) is 0 Å². The summed E-state index contributed by atoms with van der Waals surface area (Å²) in [4.78, 5) is 6.06. The summed E-state index contributed by atoms with van der Waals surface area (Å²) in [5.41, 5.74) is 0. The maximum Gasteiger partial charge on any atom is 0.223 e. The summed E-state index contributed by atoms with van der Waals surface area (Å²) in [7, 11) is 1.92. The molecule has 2 heterocycles. The fourth-order valence-electron chi connectivity index (χ4n) is 1.13. The van der Waals surface area contributed by atoms with Gasteiger partial charge in [-0.2, -0.15) is 4.98 Å². The maximum atomic E-state index is 4.89. The van der Waals surface area contributed by atoms with Crippen molar-refractivity contribution in [1.82, 2.24) is 20.3 Å². The van der Waals surface area contributed by atoms with Crippen molar-refractivity contribution in [2.75, 3.05) is 11.9 Å². The van der Waals surface area contributed by atoms with Crippen LogP contribution in [0, 0.1) is 13.8 Å². The summed E-state index contributed by atoms with van der Waals surface area (Å²) in [5, 5.41) is 13.6. The van der Waals surface area contributed by atoms with Crippen LogP contribution in [0.3, 0.4) is 0 Å². The Morgan fingerprint density at radius 2 is 2.13 bits per heavy atom. The lowest BCUT2D eigenvalue weighted by atomic mass is 10.5. The topological polar surface area (TPSA) is 67.9 Å². The molecule has 0 fully saturated rings. The van der Waals surface area contributed by atoms with Crippen LogP contribution in [0.1, 0.15) is 16.7 Å². The monoisotopic (exact) mass is 225 g/mol. The molecule has 80 valence electrons. The molecule has 0 atom stereocenters. The fraction of sp³-hybridized carbons (Fsp3) is 0.500. The highest BCUT2D eigenvalue weighted by molar-refractivity contribution is 7.15. The van der Waals surface area contributed by atoms with Gasteiger partial charge >= 0.3 is 0 Å². The Morgan fingerprint density at radius 1 is 1.33 bits per heavy atom. The molecule has 0 N–H and O–H groups in total. The zero-order valence-electron chi connectivity index (χ0n) is 8.76. The Hall–Kier alpha value is -1.50. The lowest BCUT2D eigenvalue weighted by Gasteiger charge is -2.11. The van der Waals surface area contributed by atoms with Gasteiger partial charge in [0, 0.05) is 14.0 Å². The van der Waals surface area contributed by atoms with Crippen LogP contribution in [0.4, 0.5) is 5.13 Å². The summed E-state index contributed by atoms with van der Waals surface area (Å²) in [6.45, 7) is 4.27. The molecule has 0 saturated carbocycles. The van der Waals surface area contributed by atoms with Crippen molar-refractivity contribution >= 4 is 16.5 Å². The molecule has 0 spiro atoms. The number of nitrogens with zero attached hydrogens (tertiary/aromatic N) is 5. The predicted molar refractivity (Wildman–Crippen MR) is 55.8 cm³/mol. The molecular weight excluding hydrogens is 214 g/mol. The second kappa shape index (κ2) is 3.93. The third-order valence-corrected chi connectivity index (χ3v) is 2.74. The first kappa shape index (κ1) is 10.0. The highest BCUT2D eigenvalue weighted by atomic mass is 32.1. The number of aromatic nitrogens is 4. The van der Waals surface area contributed by atoms with E-state index in [1.807, 2.05) is 18.9 Å². The van der Waals surface area contributed by atoms with Gasteiger partial charge in [0.1, 0.15) is 5.01 Å². The SMILES string of the molecule is Cc1nc(CN(C)c2nnc(C)s2)no1. The molecule has 0 saturated heterocycles. The first-order valence-electron chi connectivity index (χ1n) is 4.45. The Balaban J connectivity index is 2.06. The highest BCUT2D eigenvalue weighted by Crippen LogP contribution is 2.19. The van der Waals surface area contributed by atoms with E-state index in [2.05, 4.69) is 20.3 Å². The summed E-state index contributed by atoms with van der Waals surface area (Å²) < 4.78 is 4.89. The van der Waals surface area contributed by atoms with Gasteiger partial charge in [-0.05, 0) is 6.92 Å². The smallest absolute Gasteiger partial charge is 0.223 e. The Bertz CT molecular complexity index is 451. The molecule has 0 radical (unpaired) electrons. The molecule has 0 aliphatic carbocycles. The first-order valence-corrected chi connectivity index (χ1v) is 5.27. The van der Waals surface area contributed by atoms with Gasteiger partial charge in [-0.1, -0.05) is 16.5 Å². The van der Waals surface area contributed by atoms with Crippen LogP contribution in [-0.2, 0) is 6.54 Å². The van der Waals surface area contributed by atoms with E-state index in [0.29, 0.717) is 18.3 Å². The first-order chi connectivity index (χ1) is 7.15. The summed E-state index contributed by atoms with van der Waals surface area (Å²) >= 11 is 1.54. The van der Waals surface area contributed by atoms with Crippen LogP contribution in [0.15, 0.2) is 4.52 Å². The number of hydrogen-bond donors (Lipinski definition) is 0. The van der Waals surface area contributed by atoms with Crippen molar-refractivity contribution in [3.8, 4) is 0 Å². The molecule has 0 aromatic carbocycles. The van der Waals surface area contributed by atoms with Crippen LogP contribution in [0.25, 0.3) is 0 Å². The largest absolute Gasteiger partial charge is 0.342 e. The van der Waals surface area contributed by atoms with Gasteiger partial charge in [0.05, 0.1) is 6.54 Å². The van der Waals surface area contributed by atoms with Gasteiger partial charge in [-0.3, -0.25) is 0 Å². The second-order valence-electron chi connectivity index (χ2n) is 3.19. The third kappa shape index (κ3) is 2.30. The van der Waals surface area contributed by atoms with Crippen molar-refractivity contribution < 1.29 is 4.52 Å². The van der Waals surface area contributed by atoms with Crippen molar-refractivity contribution in [2.45, 2.75) is 20.4 Å². The zero-order valence-corrected chi connectivity index (χ0v) is 9.58. The van der Waals surface area contributed by atoms with Gasteiger partial charge in [0.2, 0.25) is 11.0 Å². The molecule has 15 heavy (non-hydrogen) atoms. The van der Waals surface area contributed by atoms with Crippen molar-refractivity contribution in [1.29, 1.82) is 0 Å². The maximum absolute atomic E-state index is 4.89. The quantitative estimate of drug-likeness (QED) is 0.781. The Labute approximate surface area is 90.9 Å². The minimum atomic E-state index is 0.575. The normalized spacial score (nSPS) is 10.6. The van der Waals surface area contributed by atoms with Crippen molar-refractivity contribution in [3.63, 3.8) is 0 Å². The van der Waals surface area contributed by atoms with E-state index >= 15 is 0 Å². The number of aryl methyl sites for hydroxylation is 2. The lowest BCUT2D eigenvalue weighted by Crippen LogP contribution is -2.17. The molecule has 0 unspecified atom stereocenters. The van der Waals surface area contributed by atoms with Crippen LogP contribution in [0.2, 0.25) is 0 Å². The molecule has 2 rings (SSSR count). The zero-order chi connectivity index (χ0) is 10.8. The van der Waals surface area contributed by atoms with Crippen LogP contribution in [0.5, 0.6) is 0 Å². The van der Waals surface area contributed by atoms with E-state index in [1.54, 1.807) is 6.92 Å². The average Bonchev–Trinajstić information content (AvgIpc) is 2.75. The molecule has 0 amide bonds. The molecule has 6 nitrogen and oxygen atoms in total. The molecule has 0 aliphatic rings. The van der Waals surface area contributed by atoms with Gasteiger partial charge in [-0.25, -0.2) is 0 Å². The van der Waals surface area contributed by atoms with Crippen LogP contribution < -0.4 is 4.90 Å². The number of anilines is 1. The van der Waals surface area contributed by atoms with E-state index < -0.39 is 0 Å². The van der Waals surface area contributed by atoms with E-state index in [9.17, 15) is 0 Å². The molecular formula is C8H11N5OS. The summed E-state index contributed by atoms with van der Waals surface area (Å²) in [5.74, 6) is 1.23. The molecule has 2 aromatic heterocycles. The second-order valence-corrected chi connectivity index (χ2v) is 4.35. The van der Waals surface area contributed by atoms with Crippen molar-refractivity contribution in [2.24, 2.45) is 0 Å². The summed E-state index contributed by atoms with van der Waals surface area (Å²) in [6.07, 6.45) is 0. The molecule has 7 heteroatoms. The Kier molecular flexibility index (Phi) is 2.63. The predicted octanol–water partition coefficient (Wildman–Crippen LogP) is 1.17. The van der Waals surface area contributed by atoms with Crippen molar-refractivity contribution in [3.05, 3.63) is 16.7 Å². The van der Waals surface area contributed by atoms with Gasteiger partial charge in [0.25, 0.3) is 0 Å². The lowest BCUT2D eigenvalue weighted by molar-refractivity contribution is 0.387. The van der Waals surface area contributed by atoms with Crippen LogP contribution in [-0.4, -0.2) is 27.4 Å². The number of rotatable bonds is 3. The molecule has 0 bridgehead atoms. The van der Waals surface area contributed by atoms with E-state index in [0.717, 1.165) is 10.1 Å². The van der Waals surface area contributed by atoms with E-state index in [1.165, 1.54) is 11.3 Å². The van der Waals surface area contributed by atoms with Gasteiger partial charge < -0.3 is 9.42 Å². The van der Waals surface area contributed by atoms with Crippen LogP contribution >= 0.6 is 11.3 Å². The summed E-state index contributed by atoms with van der Waals surface area (Å²) in [6, 6.07) is 0. The third-order valence-electron chi connectivity index (χ3n) is 1.79.